The predicted molar refractivity (Wildman–Crippen MR) is 117 cm³/mol. The Morgan fingerprint density at radius 1 is 1.21 bits per heavy atom. The van der Waals surface area contributed by atoms with Gasteiger partial charge in [-0.15, -0.1) is 11.3 Å². The van der Waals surface area contributed by atoms with Crippen LogP contribution in [-0.4, -0.2) is 20.5 Å². The number of nitrogens with zero attached hydrogens (tertiary/aromatic N) is 4. The van der Waals surface area contributed by atoms with Crippen molar-refractivity contribution in [1.29, 1.82) is 5.26 Å². The maximum absolute atomic E-state index is 13.8. The van der Waals surface area contributed by atoms with Gasteiger partial charge in [0, 0.05) is 10.4 Å². The van der Waals surface area contributed by atoms with E-state index in [-0.39, 0.29) is 16.9 Å². The van der Waals surface area contributed by atoms with Gasteiger partial charge in [0.05, 0.1) is 17.5 Å². The molecule has 1 aliphatic carbocycles. The number of benzene rings is 1. The number of carbonyl (C=O) groups is 1. The first-order chi connectivity index (χ1) is 16.0. The monoisotopic (exact) mass is 467 g/mol. The SMILES string of the molecule is N#Cc1c(NC(=O)c2cnn3c(C(F)F)cc(-c4ccc(F)cc4)nc23)sc2c1CCCC2. The van der Waals surface area contributed by atoms with E-state index in [0.29, 0.717) is 16.1 Å². The second-order valence-electron chi connectivity index (χ2n) is 7.65. The van der Waals surface area contributed by atoms with Crippen molar-refractivity contribution in [2.75, 3.05) is 5.32 Å². The van der Waals surface area contributed by atoms with Crippen molar-refractivity contribution in [3.8, 4) is 17.3 Å². The van der Waals surface area contributed by atoms with Crippen LogP contribution < -0.4 is 5.32 Å². The highest BCUT2D eigenvalue weighted by atomic mass is 32.1. The first kappa shape index (κ1) is 21.2. The van der Waals surface area contributed by atoms with E-state index in [1.807, 2.05) is 0 Å². The van der Waals surface area contributed by atoms with E-state index in [0.717, 1.165) is 40.6 Å². The van der Waals surface area contributed by atoms with Crippen LogP contribution in [0.5, 0.6) is 0 Å². The van der Waals surface area contributed by atoms with E-state index < -0.39 is 23.8 Å². The molecule has 1 aromatic carbocycles. The zero-order valence-electron chi connectivity index (χ0n) is 17.1. The number of thiophene rings is 1. The first-order valence-electron chi connectivity index (χ1n) is 10.2. The third-order valence-electron chi connectivity index (χ3n) is 5.62. The van der Waals surface area contributed by atoms with Gasteiger partial charge in [0.1, 0.15) is 28.1 Å². The number of aromatic nitrogens is 3. The number of fused-ring (bicyclic) bond motifs is 2. The molecule has 0 aliphatic heterocycles. The molecule has 0 saturated heterocycles. The summed E-state index contributed by atoms with van der Waals surface area (Å²) in [4.78, 5) is 18.6. The molecule has 3 aromatic heterocycles. The average molecular weight is 467 g/mol. The molecule has 1 aliphatic rings. The number of alkyl halides is 2. The molecule has 0 spiro atoms. The van der Waals surface area contributed by atoms with Crippen LogP contribution in [-0.2, 0) is 12.8 Å². The van der Waals surface area contributed by atoms with E-state index in [4.69, 9.17) is 0 Å². The van der Waals surface area contributed by atoms with E-state index >= 15 is 0 Å². The number of carbonyl (C=O) groups excluding carboxylic acids is 1. The maximum Gasteiger partial charge on any atom is 0.280 e. The molecule has 0 saturated carbocycles. The normalized spacial score (nSPS) is 13.2. The number of hydrogen-bond donors (Lipinski definition) is 1. The molecule has 33 heavy (non-hydrogen) atoms. The highest BCUT2D eigenvalue weighted by Gasteiger charge is 2.25. The average Bonchev–Trinajstić information content (AvgIpc) is 3.39. The molecule has 0 fully saturated rings. The van der Waals surface area contributed by atoms with E-state index in [1.165, 1.54) is 47.9 Å². The molecule has 0 atom stereocenters. The Hall–Kier alpha value is -3.71. The molecule has 166 valence electrons. The molecule has 6 nitrogen and oxygen atoms in total. The minimum absolute atomic E-state index is 0.00359. The number of nitriles is 1. The summed E-state index contributed by atoms with van der Waals surface area (Å²) in [5, 5.41) is 16.8. The lowest BCUT2D eigenvalue weighted by molar-refractivity contribution is 0.102. The molecule has 1 N–H and O–H groups in total. The van der Waals surface area contributed by atoms with Crippen molar-refractivity contribution < 1.29 is 18.0 Å². The van der Waals surface area contributed by atoms with E-state index in [1.54, 1.807) is 0 Å². The largest absolute Gasteiger partial charge is 0.312 e. The fraction of sp³-hybridized carbons (Fsp3) is 0.217. The summed E-state index contributed by atoms with van der Waals surface area (Å²) in [6, 6.07) is 8.61. The molecular formula is C23H16F3N5OS. The summed E-state index contributed by atoms with van der Waals surface area (Å²) in [5.74, 6) is -1.06. The highest BCUT2D eigenvalue weighted by molar-refractivity contribution is 7.16. The van der Waals surface area contributed by atoms with Crippen LogP contribution in [0.2, 0.25) is 0 Å². The van der Waals surface area contributed by atoms with Crippen LogP contribution in [0.3, 0.4) is 0 Å². The minimum atomic E-state index is -2.88. The summed E-state index contributed by atoms with van der Waals surface area (Å²) in [5.41, 5.74) is 1.51. The Balaban J connectivity index is 1.57. The van der Waals surface area contributed by atoms with Crippen LogP contribution in [0, 0.1) is 17.1 Å². The van der Waals surface area contributed by atoms with Gasteiger partial charge in [-0.05, 0) is 61.6 Å². The van der Waals surface area contributed by atoms with Crippen LogP contribution in [0.4, 0.5) is 18.2 Å². The van der Waals surface area contributed by atoms with Gasteiger partial charge in [-0.2, -0.15) is 10.4 Å². The lowest BCUT2D eigenvalue weighted by atomic mass is 9.96. The third kappa shape index (κ3) is 3.74. The van der Waals surface area contributed by atoms with Crippen molar-refractivity contribution in [3.05, 3.63) is 69.6 Å². The van der Waals surface area contributed by atoms with Crippen molar-refractivity contribution in [2.45, 2.75) is 32.1 Å². The second-order valence-corrected chi connectivity index (χ2v) is 8.75. The van der Waals surface area contributed by atoms with Crippen molar-refractivity contribution >= 4 is 27.9 Å². The van der Waals surface area contributed by atoms with Crippen molar-refractivity contribution in [2.24, 2.45) is 0 Å². The van der Waals surface area contributed by atoms with Gasteiger partial charge < -0.3 is 5.32 Å². The summed E-state index contributed by atoms with van der Waals surface area (Å²) in [7, 11) is 0. The zero-order valence-corrected chi connectivity index (χ0v) is 17.9. The van der Waals surface area contributed by atoms with Gasteiger partial charge >= 0.3 is 0 Å². The van der Waals surface area contributed by atoms with E-state index in [2.05, 4.69) is 21.5 Å². The predicted octanol–water partition coefficient (Wildman–Crippen LogP) is 5.54. The summed E-state index contributed by atoms with van der Waals surface area (Å²) in [6.07, 6.45) is 1.99. The second kappa shape index (κ2) is 8.33. The molecule has 0 radical (unpaired) electrons. The number of anilines is 1. The molecule has 4 aromatic rings. The molecule has 1 amide bonds. The Morgan fingerprint density at radius 3 is 2.70 bits per heavy atom. The Bertz CT molecular complexity index is 1420. The first-order valence-corrected chi connectivity index (χ1v) is 11.1. The summed E-state index contributed by atoms with van der Waals surface area (Å²) in [6.45, 7) is 0. The zero-order chi connectivity index (χ0) is 23.1. The van der Waals surface area contributed by atoms with Gasteiger partial charge in [0.2, 0.25) is 0 Å². The highest BCUT2D eigenvalue weighted by Crippen LogP contribution is 2.38. The lowest BCUT2D eigenvalue weighted by Gasteiger charge is -2.09. The standard InChI is InChI=1S/C23H16F3N5OS/c24-13-7-5-12(6-8-13)17-9-18(20(25)26)31-21(29-17)16(11-28-31)22(32)30-23-15(10-27)14-3-1-2-4-19(14)33-23/h5-9,11,20H,1-4H2,(H,30,32). The molecule has 0 bridgehead atoms. The Labute approximate surface area is 190 Å². The minimum Gasteiger partial charge on any atom is -0.312 e. The van der Waals surface area contributed by atoms with Crippen molar-refractivity contribution in [1.82, 2.24) is 14.6 Å². The van der Waals surface area contributed by atoms with Crippen LogP contribution in [0.15, 0.2) is 36.5 Å². The number of amides is 1. The van der Waals surface area contributed by atoms with Crippen LogP contribution >= 0.6 is 11.3 Å². The smallest absolute Gasteiger partial charge is 0.280 e. The fourth-order valence-corrected chi connectivity index (χ4v) is 5.25. The fourth-order valence-electron chi connectivity index (χ4n) is 4.01. The summed E-state index contributed by atoms with van der Waals surface area (Å²) >= 11 is 1.37. The number of rotatable bonds is 4. The Kier molecular flexibility index (Phi) is 5.34. The maximum atomic E-state index is 13.8. The van der Waals surface area contributed by atoms with Crippen molar-refractivity contribution in [3.63, 3.8) is 0 Å². The quantitative estimate of drug-likeness (QED) is 0.427. The van der Waals surface area contributed by atoms with Gasteiger partial charge in [-0.25, -0.2) is 22.7 Å². The topological polar surface area (TPSA) is 83.1 Å². The van der Waals surface area contributed by atoms with Gasteiger partial charge in [0.15, 0.2) is 5.65 Å². The molecule has 10 heteroatoms. The number of halogens is 3. The molecular weight excluding hydrogens is 451 g/mol. The molecule has 3 heterocycles. The Morgan fingerprint density at radius 2 is 1.97 bits per heavy atom. The van der Waals surface area contributed by atoms with Gasteiger partial charge in [-0.1, -0.05) is 0 Å². The summed E-state index contributed by atoms with van der Waals surface area (Å²) < 4.78 is 41.8. The van der Waals surface area contributed by atoms with Gasteiger partial charge in [0.25, 0.3) is 12.3 Å². The van der Waals surface area contributed by atoms with E-state index in [9.17, 15) is 23.2 Å². The number of hydrogen-bond acceptors (Lipinski definition) is 5. The number of nitrogens with one attached hydrogen (secondary N) is 1. The van der Waals surface area contributed by atoms with Crippen LogP contribution in [0.25, 0.3) is 16.9 Å². The number of aryl methyl sites for hydroxylation is 1. The molecule has 5 rings (SSSR count). The third-order valence-corrected chi connectivity index (χ3v) is 6.82. The lowest BCUT2D eigenvalue weighted by Crippen LogP contribution is -2.13. The molecule has 0 unspecified atom stereocenters. The van der Waals surface area contributed by atoms with Crippen LogP contribution in [0.1, 0.15) is 51.3 Å². The van der Waals surface area contributed by atoms with Gasteiger partial charge in [-0.3, -0.25) is 4.79 Å².